The second-order valence-electron chi connectivity index (χ2n) is 6.44. The lowest BCUT2D eigenvalue weighted by atomic mass is 9.96. The van der Waals surface area contributed by atoms with Crippen LogP contribution in [0.3, 0.4) is 0 Å². The van der Waals surface area contributed by atoms with E-state index in [1.165, 1.54) is 7.11 Å². The van der Waals surface area contributed by atoms with Gasteiger partial charge in [-0.1, -0.05) is 0 Å². The van der Waals surface area contributed by atoms with Gasteiger partial charge in [-0.25, -0.2) is 14.2 Å². The van der Waals surface area contributed by atoms with Crippen LogP contribution in [-0.4, -0.2) is 36.8 Å². The molecule has 1 N–H and O–H groups in total. The molecule has 0 radical (unpaired) electrons. The third kappa shape index (κ3) is 2.37. The van der Waals surface area contributed by atoms with Gasteiger partial charge in [0.1, 0.15) is 12.4 Å². The molecule has 1 amide bonds. The Balaban J connectivity index is 1.62. The van der Waals surface area contributed by atoms with E-state index in [4.69, 9.17) is 16.0 Å². The summed E-state index contributed by atoms with van der Waals surface area (Å²) >= 11 is 0. The topological polar surface area (TPSA) is 64.8 Å². The van der Waals surface area contributed by atoms with Crippen molar-refractivity contribution in [2.24, 2.45) is 5.41 Å². The van der Waals surface area contributed by atoms with E-state index in [2.05, 4.69) is 15.1 Å². The maximum absolute atomic E-state index is 14.0. The normalized spacial score (nSPS) is 23.3. The Hall–Kier alpha value is -2.88. The molecule has 0 bridgehead atoms. The average Bonchev–Trinajstić information content (AvgIpc) is 3.40. The summed E-state index contributed by atoms with van der Waals surface area (Å²) in [4.78, 5) is 19.3. The van der Waals surface area contributed by atoms with Crippen molar-refractivity contribution in [1.29, 1.82) is 0 Å². The number of ether oxygens (including phenoxy) is 2. The number of alkyl halides is 1. The van der Waals surface area contributed by atoms with E-state index in [0.29, 0.717) is 35.5 Å². The van der Waals surface area contributed by atoms with Gasteiger partial charge in [0.15, 0.2) is 6.17 Å². The van der Waals surface area contributed by atoms with E-state index >= 15 is 0 Å². The van der Waals surface area contributed by atoms with Crippen LogP contribution in [-0.2, 0) is 4.79 Å². The largest absolute Gasteiger partial charge is 0.508 e. The maximum atomic E-state index is 14.0. The second kappa shape index (κ2) is 5.59. The Morgan fingerprint density at radius 1 is 1.48 bits per heavy atom. The Bertz CT molecular complexity index is 904. The number of nitrogens with zero attached hydrogens (tertiary/aromatic N) is 2. The number of benzene rings is 1. The summed E-state index contributed by atoms with van der Waals surface area (Å²) in [5, 5.41) is 4.19. The molecule has 128 valence electrons. The van der Waals surface area contributed by atoms with Crippen LogP contribution in [0.1, 0.15) is 12.8 Å². The van der Waals surface area contributed by atoms with Gasteiger partial charge < -0.3 is 14.8 Å². The summed E-state index contributed by atoms with van der Waals surface area (Å²) in [5.74, 6) is 0.261. The smallest absolute Gasteiger partial charge is 0.255 e. The van der Waals surface area contributed by atoms with Gasteiger partial charge in [0, 0.05) is 17.0 Å². The number of halogens is 1. The van der Waals surface area contributed by atoms with Gasteiger partial charge in [-0.3, -0.25) is 4.79 Å². The van der Waals surface area contributed by atoms with Crippen molar-refractivity contribution in [2.75, 3.05) is 13.7 Å². The molecular weight excluding hydrogens is 325 g/mol. The van der Waals surface area contributed by atoms with E-state index in [-0.39, 0.29) is 12.6 Å². The number of carbonyl (C=O) groups excluding carboxylic acids is 1. The lowest BCUT2D eigenvalue weighted by Crippen LogP contribution is -2.36. The molecule has 0 unspecified atom stereocenters. The first-order valence-electron chi connectivity index (χ1n) is 8.00. The van der Waals surface area contributed by atoms with Crippen LogP contribution in [0.5, 0.6) is 11.6 Å². The molecule has 1 aromatic carbocycles. The number of hydrogen-bond acceptors (Lipinski definition) is 4. The van der Waals surface area contributed by atoms with E-state index < -0.39 is 17.5 Å². The molecule has 2 aliphatic rings. The van der Waals surface area contributed by atoms with E-state index in [1.54, 1.807) is 24.4 Å². The minimum Gasteiger partial charge on any atom is -0.508 e. The van der Waals surface area contributed by atoms with Crippen LogP contribution in [0.4, 0.5) is 10.1 Å². The number of pyridine rings is 1. The highest BCUT2D eigenvalue weighted by Gasteiger charge is 2.63. The predicted octanol–water partition coefficient (Wildman–Crippen LogP) is 2.79. The van der Waals surface area contributed by atoms with Gasteiger partial charge >= 0.3 is 0 Å². The molecule has 4 rings (SSSR count). The Labute approximate surface area is 143 Å². The summed E-state index contributed by atoms with van der Waals surface area (Å²) in [5.41, 5.74) is -0.205. The number of rotatable bonds is 4. The summed E-state index contributed by atoms with van der Waals surface area (Å²) in [6.07, 6.45) is 1.51. The van der Waals surface area contributed by atoms with Crippen LogP contribution in [0.25, 0.3) is 15.6 Å². The first kappa shape index (κ1) is 15.6. The van der Waals surface area contributed by atoms with Crippen molar-refractivity contribution >= 4 is 22.4 Å². The zero-order valence-electron chi connectivity index (χ0n) is 13.6. The molecule has 2 aromatic rings. The maximum Gasteiger partial charge on any atom is 0.255 e. The molecule has 1 aromatic heterocycles. The lowest BCUT2D eigenvalue weighted by molar-refractivity contribution is -0.124. The minimum absolute atomic E-state index is 0.158. The van der Waals surface area contributed by atoms with Gasteiger partial charge in [0.05, 0.1) is 19.7 Å². The average molecular weight is 341 g/mol. The number of hydrogen-bond donors (Lipinski definition) is 1. The van der Waals surface area contributed by atoms with Crippen molar-refractivity contribution in [3.8, 4) is 11.6 Å². The molecule has 2 heterocycles. The minimum atomic E-state index is -1.46. The summed E-state index contributed by atoms with van der Waals surface area (Å²) < 4.78 is 25.1. The van der Waals surface area contributed by atoms with Crippen molar-refractivity contribution in [2.45, 2.75) is 25.1 Å². The Morgan fingerprint density at radius 3 is 2.96 bits per heavy atom. The molecule has 6 nitrogen and oxygen atoms in total. The van der Waals surface area contributed by atoms with E-state index in [9.17, 15) is 9.18 Å². The Kier molecular flexibility index (Phi) is 3.49. The fourth-order valence-corrected chi connectivity index (χ4v) is 3.47. The fraction of sp³-hybridized carbons (Fsp3) is 0.389. The monoisotopic (exact) mass is 341 g/mol. The molecule has 1 spiro atoms. The molecule has 25 heavy (non-hydrogen) atoms. The number of methoxy groups -OCH3 is 1. The highest BCUT2D eigenvalue weighted by molar-refractivity contribution is 5.92. The van der Waals surface area contributed by atoms with Gasteiger partial charge in [-0.05, 0) is 36.4 Å². The number of amides is 1. The third-order valence-electron chi connectivity index (χ3n) is 5.11. The Morgan fingerprint density at radius 2 is 2.28 bits per heavy atom. The first-order valence-corrected chi connectivity index (χ1v) is 8.00. The van der Waals surface area contributed by atoms with Crippen LogP contribution < -0.4 is 14.8 Å². The standard InChI is InChI=1S/C18H16FN3O3/c1-20-12-7-10-3-6-21-17(11(10)8-13(12)24-2)25-9-14-18(4-5-18)15(19)16(23)22-14/h3,6-8,14-15H,4-5,9H2,2H3,(H,22,23)/t14-,15+/m0/s1. The van der Waals surface area contributed by atoms with Gasteiger partial charge in [-0.2, -0.15) is 0 Å². The zero-order chi connectivity index (χ0) is 17.6. The van der Waals surface area contributed by atoms with Crippen molar-refractivity contribution in [1.82, 2.24) is 10.3 Å². The summed E-state index contributed by atoms with van der Waals surface area (Å²) in [6.45, 7) is 7.38. The number of aromatic nitrogens is 1. The molecule has 1 saturated heterocycles. The molecule has 2 fully saturated rings. The molecule has 2 atom stereocenters. The van der Waals surface area contributed by atoms with Gasteiger partial charge in [-0.15, -0.1) is 0 Å². The number of carbonyl (C=O) groups is 1. The van der Waals surface area contributed by atoms with Crippen molar-refractivity contribution in [3.63, 3.8) is 0 Å². The summed E-state index contributed by atoms with van der Waals surface area (Å²) in [6, 6.07) is 4.86. The molecular formula is C18H16FN3O3. The summed E-state index contributed by atoms with van der Waals surface area (Å²) in [7, 11) is 1.50. The molecule has 1 aliphatic heterocycles. The lowest BCUT2D eigenvalue weighted by Gasteiger charge is -2.19. The van der Waals surface area contributed by atoms with Gasteiger partial charge in [0.2, 0.25) is 11.6 Å². The van der Waals surface area contributed by atoms with Crippen molar-refractivity contribution in [3.05, 3.63) is 35.8 Å². The fourth-order valence-electron chi connectivity index (χ4n) is 3.47. The quantitative estimate of drug-likeness (QED) is 0.869. The van der Waals surface area contributed by atoms with E-state index in [1.807, 2.05) is 0 Å². The molecule has 1 aliphatic carbocycles. The number of fused-ring (bicyclic) bond motifs is 1. The molecule has 1 saturated carbocycles. The van der Waals surface area contributed by atoms with Crippen LogP contribution in [0, 0.1) is 12.0 Å². The molecule has 7 heteroatoms. The van der Waals surface area contributed by atoms with Crippen molar-refractivity contribution < 1.29 is 18.7 Å². The first-order chi connectivity index (χ1) is 12.1. The SMILES string of the molecule is [C-]#[N+]c1cc2ccnc(OC[C@@H]3NC(=O)[C@@H](F)C34CC4)c2cc1OC. The van der Waals surface area contributed by atoms with Crippen LogP contribution in [0.15, 0.2) is 24.4 Å². The van der Waals surface area contributed by atoms with Crippen LogP contribution in [0.2, 0.25) is 0 Å². The predicted molar refractivity (Wildman–Crippen MR) is 88.5 cm³/mol. The third-order valence-corrected chi connectivity index (χ3v) is 5.11. The van der Waals surface area contributed by atoms with E-state index in [0.717, 1.165) is 5.39 Å². The zero-order valence-corrected chi connectivity index (χ0v) is 13.6. The van der Waals surface area contributed by atoms with Gasteiger partial charge in [0.25, 0.3) is 5.91 Å². The highest BCUT2D eigenvalue weighted by atomic mass is 19.1. The number of nitrogens with one attached hydrogen (secondary N) is 1. The second-order valence-corrected chi connectivity index (χ2v) is 6.44. The van der Waals surface area contributed by atoms with Crippen LogP contribution >= 0.6 is 0 Å². The highest BCUT2D eigenvalue weighted by Crippen LogP contribution is 2.55.